The van der Waals surface area contributed by atoms with Gasteiger partial charge in [-0.2, -0.15) is 0 Å². The van der Waals surface area contributed by atoms with Crippen LogP contribution in [0.3, 0.4) is 0 Å². The van der Waals surface area contributed by atoms with Gasteiger partial charge < -0.3 is 10.5 Å². The molecule has 2 aromatic rings. The molecule has 0 spiro atoms. The first-order valence-corrected chi connectivity index (χ1v) is 7.99. The first kappa shape index (κ1) is 15.2. The molecule has 3 nitrogen and oxygen atoms in total. The predicted octanol–water partition coefficient (Wildman–Crippen LogP) is 3.87. The lowest BCUT2D eigenvalue weighted by atomic mass is 10.0. The van der Waals surface area contributed by atoms with Gasteiger partial charge in [0.1, 0.15) is 11.1 Å². The van der Waals surface area contributed by atoms with Crippen molar-refractivity contribution in [1.29, 1.82) is 0 Å². The van der Waals surface area contributed by atoms with Crippen molar-refractivity contribution in [2.45, 2.75) is 38.8 Å². The summed E-state index contributed by atoms with van der Waals surface area (Å²) in [6.45, 7) is 4.86. The Morgan fingerprint density at radius 1 is 1.25 bits per heavy atom. The molecule has 1 aromatic carbocycles. The molecule has 0 bridgehead atoms. The Morgan fingerprint density at radius 3 is 2.65 bits per heavy atom. The van der Waals surface area contributed by atoms with Crippen molar-refractivity contribution in [3.63, 3.8) is 0 Å². The molecule has 0 amide bonds. The molecule has 4 heteroatoms. The molecule has 0 aliphatic rings. The number of rotatable bonds is 7. The molecule has 0 aliphatic carbocycles. The monoisotopic (exact) mass is 290 g/mol. The van der Waals surface area contributed by atoms with E-state index in [1.54, 1.807) is 11.3 Å². The van der Waals surface area contributed by atoms with E-state index in [9.17, 15) is 0 Å². The molecule has 2 atom stereocenters. The fraction of sp³-hybridized carbons (Fsp3) is 0.438. The summed E-state index contributed by atoms with van der Waals surface area (Å²) in [4.78, 5) is 4.68. The summed E-state index contributed by atoms with van der Waals surface area (Å²) >= 11 is 1.67. The average Bonchev–Trinajstić information content (AvgIpc) is 2.94. The van der Waals surface area contributed by atoms with Crippen LogP contribution in [-0.4, -0.2) is 11.6 Å². The number of nitrogens with zero attached hydrogens (tertiary/aromatic N) is 1. The van der Waals surface area contributed by atoms with Crippen LogP contribution in [0.5, 0.6) is 0 Å². The largest absolute Gasteiger partial charge is 0.371 e. The van der Waals surface area contributed by atoms with E-state index in [1.807, 2.05) is 25.1 Å². The molecule has 2 N–H and O–H groups in total. The lowest BCUT2D eigenvalue weighted by Crippen LogP contribution is -2.13. The minimum absolute atomic E-state index is 0.00156. The highest BCUT2D eigenvalue weighted by molar-refractivity contribution is 7.09. The smallest absolute Gasteiger partial charge is 0.122 e. The first-order valence-electron chi connectivity index (χ1n) is 7.11. The Labute approximate surface area is 124 Å². The number of aromatic nitrogens is 1. The van der Waals surface area contributed by atoms with Crippen LogP contribution in [0.1, 0.15) is 48.7 Å². The lowest BCUT2D eigenvalue weighted by molar-refractivity contribution is 0.0595. The van der Waals surface area contributed by atoms with Gasteiger partial charge in [0.2, 0.25) is 0 Å². The van der Waals surface area contributed by atoms with Crippen LogP contribution in [0.4, 0.5) is 0 Å². The topological polar surface area (TPSA) is 48.1 Å². The van der Waals surface area contributed by atoms with Crippen molar-refractivity contribution in [1.82, 2.24) is 4.98 Å². The van der Waals surface area contributed by atoms with E-state index in [4.69, 9.17) is 10.5 Å². The highest BCUT2D eigenvalue weighted by Crippen LogP contribution is 2.26. The number of hydrogen-bond acceptors (Lipinski definition) is 4. The summed E-state index contributed by atoms with van der Waals surface area (Å²) in [6, 6.07) is 10.2. The normalized spacial score (nSPS) is 14.2. The molecular weight excluding hydrogens is 268 g/mol. The molecule has 2 rings (SSSR count). The van der Waals surface area contributed by atoms with E-state index < -0.39 is 0 Å². The number of benzene rings is 1. The van der Waals surface area contributed by atoms with Gasteiger partial charge in [-0.15, -0.1) is 11.3 Å². The highest BCUT2D eigenvalue weighted by Gasteiger charge is 2.15. The van der Waals surface area contributed by atoms with Gasteiger partial charge in [-0.3, -0.25) is 0 Å². The van der Waals surface area contributed by atoms with E-state index in [0.717, 1.165) is 35.7 Å². The van der Waals surface area contributed by atoms with Gasteiger partial charge in [-0.1, -0.05) is 37.3 Å². The van der Waals surface area contributed by atoms with Crippen LogP contribution in [0.25, 0.3) is 0 Å². The quantitative estimate of drug-likeness (QED) is 0.842. The molecule has 0 saturated heterocycles. The molecule has 108 valence electrons. The molecule has 0 fully saturated rings. The van der Waals surface area contributed by atoms with Gasteiger partial charge in [0, 0.05) is 24.4 Å². The van der Waals surface area contributed by atoms with E-state index in [-0.39, 0.29) is 12.1 Å². The Bertz CT molecular complexity index is 512. The van der Waals surface area contributed by atoms with Crippen molar-refractivity contribution in [3.8, 4) is 0 Å². The minimum atomic E-state index is -0.00156. The SMILES string of the molecule is CCOC(CC)c1nc(CC(N)c2ccccc2)cs1. The van der Waals surface area contributed by atoms with Crippen molar-refractivity contribution in [2.75, 3.05) is 6.61 Å². The number of hydrogen-bond donors (Lipinski definition) is 1. The minimum Gasteiger partial charge on any atom is -0.371 e. The van der Waals surface area contributed by atoms with Crippen molar-refractivity contribution in [3.05, 3.63) is 52.0 Å². The number of nitrogens with two attached hydrogens (primary N) is 1. The summed E-state index contributed by atoms with van der Waals surface area (Å²) in [5.74, 6) is 0. The summed E-state index contributed by atoms with van der Waals surface area (Å²) in [5, 5.41) is 3.16. The molecule has 0 radical (unpaired) electrons. The van der Waals surface area contributed by atoms with Crippen molar-refractivity contribution >= 4 is 11.3 Å². The molecule has 20 heavy (non-hydrogen) atoms. The second-order valence-electron chi connectivity index (χ2n) is 4.75. The van der Waals surface area contributed by atoms with Gasteiger partial charge in [-0.25, -0.2) is 4.98 Å². The van der Waals surface area contributed by atoms with E-state index in [0.29, 0.717) is 0 Å². The van der Waals surface area contributed by atoms with Crippen LogP contribution in [-0.2, 0) is 11.2 Å². The molecule has 0 saturated carbocycles. The average molecular weight is 290 g/mol. The van der Waals surface area contributed by atoms with E-state index in [2.05, 4.69) is 29.4 Å². The Hall–Kier alpha value is -1.23. The fourth-order valence-corrected chi connectivity index (χ4v) is 3.13. The number of ether oxygens (including phenoxy) is 1. The number of thiazole rings is 1. The Balaban J connectivity index is 2.02. The summed E-state index contributed by atoms with van der Waals surface area (Å²) in [6.07, 6.45) is 1.83. The van der Waals surface area contributed by atoms with E-state index in [1.165, 1.54) is 0 Å². The molecule has 2 unspecified atom stereocenters. The second-order valence-corrected chi connectivity index (χ2v) is 5.64. The van der Waals surface area contributed by atoms with Crippen LogP contribution in [0.2, 0.25) is 0 Å². The molecule has 1 aromatic heterocycles. The zero-order valence-electron chi connectivity index (χ0n) is 12.1. The van der Waals surface area contributed by atoms with Gasteiger partial charge in [0.15, 0.2) is 0 Å². The van der Waals surface area contributed by atoms with Crippen molar-refractivity contribution in [2.24, 2.45) is 5.73 Å². The maximum Gasteiger partial charge on any atom is 0.122 e. The summed E-state index contributed by atoms with van der Waals surface area (Å²) in [7, 11) is 0. The van der Waals surface area contributed by atoms with Gasteiger partial charge in [-0.05, 0) is 18.9 Å². The third-order valence-electron chi connectivity index (χ3n) is 3.24. The maximum absolute atomic E-state index is 6.24. The van der Waals surface area contributed by atoms with Gasteiger partial charge >= 0.3 is 0 Å². The van der Waals surface area contributed by atoms with Crippen LogP contribution < -0.4 is 5.73 Å². The molecule has 1 heterocycles. The fourth-order valence-electron chi connectivity index (χ4n) is 2.17. The maximum atomic E-state index is 6.24. The zero-order chi connectivity index (χ0) is 14.4. The van der Waals surface area contributed by atoms with Crippen LogP contribution in [0, 0.1) is 0 Å². The van der Waals surface area contributed by atoms with Crippen LogP contribution in [0.15, 0.2) is 35.7 Å². The van der Waals surface area contributed by atoms with E-state index >= 15 is 0 Å². The molecule has 0 aliphatic heterocycles. The van der Waals surface area contributed by atoms with Crippen LogP contribution >= 0.6 is 11.3 Å². The Morgan fingerprint density at radius 2 is 2.00 bits per heavy atom. The third kappa shape index (κ3) is 3.88. The van der Waals surface area contributed by atoms with Gasteiger partial charge in [0.05, 0.1) is 5.69 Å². The van der Waals surface area contributed by atoms with Gasteiger partial charge in [0.25, 0.3) is 0 Å². The predicted molar refractivity (Wildman–Crippen MR) is 83.8 cm³/mol. The summed E-state index contributed by atoms with van der Waals surface area (Å²) < 4.78 is 5.70. The summed E-state index contributed by atoms with van der Waals surface area (Å²) in [5.41, 5.74) is 8.44. The second kappa shape index (κ2) is 7.53. The Kier molecular flexibility index (Phi) is 5.71. The standard InChI is InChI=1S/C16H22N2OS/c1-3-15(19-4-2)16-18-13(11-20-16)10-14(17)12-8-6-5-7-9-12/h5-9,11,14-15H,3-4,10,17H2,1-2H3. The zero-order valence-corrected chi connectivity index (χ0v) is 12.9. The third-order valence-corrected chi connectivity index (χ3v) is 4.23. The van der Waals surface area contributed by atoms with Crippen molar-refractivity contribution < 1.29 is 4.74 Å². The lowest BCUT2D eigenvalue weighted by Gasteiger charge is -2.12. The molecular formula is C16H22N2OS. The first-order chi connectivity index (χ1) is 9.74. The highest BCUT2D eigenvalue weighted by atomic mass is 32.1.